The first-order valence-corrected chi connectivity index (χ1v) is 12.6. The molecule has 7 heteroatoms. The molecular formula is C28H30N2O5. The number of nitrogens with one attached hydrogen (secondary N) is 1. The summed E-state index contributed by atoms with van der Waals surface area (Å²) < 4.78 is 5.69. The number of alkyl carbamates (subject to hydrolysis) is 1. The van der Waals surface area contributed by atoms with Gasteiger partial charge in [0.15, 0.2) is 0 Å². The second-order valence-corrected chi connectivity index (χ2v) is 10.6. The number of carbonyl (C=O) groups excluding carboxylic acids is 2. The van der Waals surface area contributed by atoms with Crippen molar-refractivity contribution in [3.8, 4) is 11.1 Å². The van der Waals surface area contributed by atoms with Gasteiger partial charge in [-0.2, -0.15) is 0 Å². The number of amides is 2. The lowest BCUT2D eigenvalue weighted by atomic mass is 9.94. The average Bonchev–Trinajstić information content (AvgIpc) is 3.30. The second-order valence-electron chi connectivity index (χ2n) is 10.6. The molecule has 0 radical (unpaired) electrons. The number of fused-ring (bicyclic) bond motifs is 4. The van der Waals surface area contributed by atoms with E-state index in [0.717, 1.165) is 12.8 Å². The molecular weight excluding hydrogens is 444 g/mol. The van der Waals surface area contributed by atoms with E-state index in [2.05, 4.69) is 29.6 Å². The number of carboxylic acid groups (broad SMARTS) is 1. The van der Waals surface area contributed by atoms with Gasteiger partial charge in [0.1, 0.15) is 6.61 Å². The number of benzene rings is 2. The lowest BCUT2D eigenvalue weighted by Gasteiger charge is -2.33. The Balaban J connectivity index is 1.04. The van der Waals surface area contributed by atoms with E-state index in [0.29, 0.717) is 38.3 Å². The fraction of sp³-hybridized carbons (Fsp3) is 0.464. The highest BCUT2D eigenvalue weighted by Gasteiger charge is 2.66. The molecule has 2 amide bonds. The van der Waals surface area contributed by atoms with Crippen LogP contribution in [-0.4, -0.2) is 53.7 Å². The lowest BCUT2D eigenvalue weighted by molar-refractivity contribution is -0.147. The Morgan fingerprint density at radius 1 is 0.971 bits per heavy atom. The summed E-state index contributed by atoms with van der Waals surface area (Å²) in [5, 5.41) is 12.2. The molecule has 182 valence electrons. The molecule has 1 heterocycles. The first-order chi connectivity index (χ1) is 17.0. The summed E-state index contributed by atoms with van der Waals surface area (Å²) in [7, 11) is 0. The third-order valence-corrected chi connectivity index (χ3v) is 8.63. The minimum absolute atomic E-state index is 0.0202. The van der Waals surface area contributed by atoms with Crippen LogP contribution in [0.4, 0.5) is 4.79 Å². The average molecular weight is 475 g/mol. The summed E-state index contributed by atoms with van der Waals surface area (Å²) in [4.78, 5) is 39.0. The van der Waals surface area contributed by atoms with E-state index in [1.807, 2.05) is 29.2 Å². The normalized spacial score (nSPS) is 27.0. The zero-order chi connectivity index (χ0) is 24.2. The van der Waals surface area contributed by atoms with Crippen LogP contribution in [0.15, 0.2) is 48.5 Å². The fourth-order valence-electron chi connectivity index (χ4n) is 6.72. The van der Waals surface area contributed by atoms with E-state index in [9.17, 15) is 19.5 Å². The molecule has 0 aromatic heterocycles. The Hall–Kier alpha value is -3.35. The van der Waals surface area contributed by atoms with Gasteiger partial charge in [0, 0.05) is 25.0 Å². The van der Waals surface area contributed by atoms with Crippen LogP contribution < -0.4 is 5.32 Å². The van der Waals surface area contributed by atoms with E-state index in [1.165, 1.54) is 22.3 Å². The molecule has 3 aliphatic carbocycles. The third-order valence-electron chi connectivity index (χ3n) is 8.63. The predicted octanol–water partition coefficient (Wildman–Crippen LogP) is 4.02. The van der Waals surface area contributed by atoms with Crippen molar-refractivity contribution in [3.63, 3.8) is 0 Å². The van der Waals surface area contributed by atoms with E-state index in [1.54, 1.807) is 0 Å². The van der Waals surface area contributed by atoms with Crippen LogP contribution in [0.2, 0.25) is 0 Å². The second kappa shape index (κ2) is 8.40. The van der Waals surface area contributed by atoms with Gasteiger partial charge >= 0.3 is 12.1 Å². The molecule has 2 saturated carbocycles. The molecule has 0 spiro atoms. The van der Waals surface area contributed by atoms with Gasteiger partial charge < -0.3 is 20.1 Å². The summed E-state index contributed by atoms with van der Waals surface area (Å²) in [5.74, 6) is -0.660. The van der Waals surface area contributed by atoms with Crippen LogP contribution in [0.3, 0.4) is 0 Å². The maximum absolute atomic E-state index is 13.2. The van der Waals surface area contributed by atoms with Gasteiger partial charge in [0.2, 0.25) is 5.91 Å². The highest BCUT2D eigenvalue weighted by Crippen LogP contribution is 2.64. The monoisotopic (exact) mass is 474 g/mol. The van der Waals surface area contributed by atoms with Gasteiger partial charge in [0.25, 0.3) is 0 Å². The topological polar surface area (TPSA) is 95.9 Å². The van der Waals surface area contributed by atoms with E-state index in [4.69, 9.17) is 4.74 Å². The molecule has 0 unspecified atom stereocenters. The van der Waals surface area contributed by atoms with Crippen molar-refractivity contribution >= 4 is 18.0 Å². The standard InChI is InChI=1S/C28H30N2O5/c31-25(32)17-9-11-30(12-10-17)26(33)28-14-18(28)13-19(15-28)29-27(34)35-16-24-22-7-3-1-5-20(22)21-6-2-4-8-23(21)24/h1-8,17-19,24H,9-16H2,(H,29,34)(H,31,32)/t18-,19+,28+/m0/s1. The number of likely N-dealkylation sites (tertiary alicyclic amines) is 1. The predicted molar refractivity (Wildman–Crippen MR) is 129 cm³/mol. The quantitative estimate of drug-likeness (QED) is 0.683. The number of carbonyl (C=O) groups is 3. The smallest absolute Gasteiger partial charge is 0.407 e. The molecule has 6 rings (SSSR count). The van der Waals surface area contributed by atoms with Crippen LogP contribution >= 0.6 is 0 Å². The minimum atomic E-state index is -0.771. The molecule has 2 aromatic rings. The molecule has 2 N–H and O–H groups in total. The molecule has 3 fully saturated rings. The molecule has 1 aliphatic heterocycles. The molecule has 4 aliphatic rings. The molecule has 1 saturated heterocycles. The Labute approximate surface area is 204 Å². The van der Waals surface area contributed by atoms with Crippen molar-refractivity contribution in [3.05, 3.63) is 59.7 Å². The van der Waals surface area contributed by atoms with Crippen molar-refractivity contribution < 1.29 is 24.2 Å². The zero-order valence-corrected chi connectivity index (χ0v) is 19.6. The number of carboxylic acids is 1. The van der Waals surface area contributed by atoms with Crippen LogP contribution in [0.25, 0.3) is 11.1 Å². The van der Waals surface area contributed by atoms with Crippen LogP contribution in [0, 0.1) is 17.3 Å². The molecule has 0 bridgehead atoms. The summed E-state index contributed by atoms with van der Waals surface area (Å²) in [6.07, 6.45) is 2.91. The number of ether oxygens (including phenoxy) is 1. The van der Waals surface area contributed by atoms with E-state index >= 15 is 0 Å². The summed E-state index contributed by atoms with van der Waals surface area (Å²) in [5.41, 5.74) is 4.37. The van der Waals surface area contributed by atoms with Crippen LogP contribution in [-0.2, 0) is 14.3 Å². The minimum Gasteiger partial charge on any atom is -0.481 e. The SMILES string of the molecule is O=C(N[C@@H]1C[C@H]2C[C@@]2(C(=O)N2CCC(C(=O)O)CC2)C1)OCC1c2ccccc2-c2ccccc21. The Bertz CT molecular complexity index is 1140. The van der Waals surface area contributed by atoms with Crippen LogP contribution in [0.1, 0.15) is 49.1 Å². The first-order valence-electron chi connectivity index (χ1n) is 12.6. The largest absolute Gasteiger partial charge is 0.481 e. The van der Waals surface area contributed by atoms with Gasteiger partial charge in [-0.25, -0.2) is 4.79 Å². The molecule has 2 aromatic carbocycles. The number of hydrogen-bond donors (Lipinski definition) is 2. The van der Waals surface area contributed by atoms with Crippen molar-refractivity contribution in [2.24, 2.45) is 17.3 Å². The summed E-state index contributed by atoms with van der Waals surface area (Å²) >= 11 is 0. The Morgan fingerprint density at radius 3 is 2.23 bits per heavy atom. The zero-order valence-electron chi connectivity index (χ0n) is 19.6. The highest BCUT2D eigenvalue weighted by atomic mass is 16.5. The van der Waals surface area contributed by atoms with Gasteiger partial charge in [0.05, 0.1) is 11.3 Å². The Morgan fingerprint density at radius 2 is 1.60 bits per heavy atom. The van der Waals surface area contributed by atoms with Crippen molar-refractivity contribution in [1.82, 2.24) is 10.2 Å². The maximum atomic E-state index is 13.2. The number of rotatable bonds is 5. The number of hydrogen-bond acceptors (Lipinski definition) is 4. The first kappa shape index (κ1) is 22.1. The van der Waals surface area contributed by atoms with Gasteiger partial charge in [-0.3, -0.25) is 9.59 Å². The van der Waals surface area contributed by atoms with Crippen molar-refractivity contribution in [2.75, 3.05) is 19.7 Å². The van der Waals surface area contributed by atoms with Gasteiger partial charge in [-0.15, -0.1) is 0 Å². The molecule has 7 nitrogen and oxygen atoms in total. The highest BCUT2D eigenvalue weighted by molar-refractivity contribution is 5.87. The lowest BCUT2D eigenvalue weighted by Crippen LogP contribution is -2.44. The van der Waals surface area contributed by atoms with Crippen LogP contribution in [0.5, 0.6) is 0 Å². The Kier molecular flexibility index (Phi) is 5.31. The molecule has 3 atom stereocenters. The van der Waals surface area contributed by atoms with Gasteiger partial charge in [-0.1, -0.05) is 48.5 Å². The van der Waals surface area contributed by atoms with Crippen molar-refractivity contribution in [1.29, 1.82) is 0 Å². The van der Waals surface area contributed by atoms with E-state index in [-0.39, 0.29) is 35.8 Å². The van der Waals surface area contributed by atoms with Crippen molar-refractivity contribution in [2.45, 2.75) is 44.1 Å². The maximum Gasteiger partial charge on any atom is 0.407 e. The third kappa shape index (κ3) is 3.77. The molecule has 35 heavy (non-hydrogen) atoms. The number of nitrogens with zero attached hydrogens (tertiary/aromatic N) is 1. The summed E-state index contributed by atoms with van der Waals surface area (Å²) in [6, 6.07) is 16.4. The van der Waals surface area contributed by atoms with E-state index < -0.39 is 12.1 Å². The van der Waals surface area contributed by atoms with Gasteiger partial charge in [-0.05, 0) is 60.3 Å². The number of aliphatic carboxylic acids is 1. The fourth-order valence-corrected chi connectivity index (χ4v) is 6.72. The number of piperidine rings is 1. The summed E-state index contributed by atoms with van der Waals surface area (Å²) in [6.45, 7) is 1.29.